The summed E-state index contributed by atoms with van der Waals surface area (Å²) in [7, 11) is 0. The van der Waals surface area contributed by atoms with E-state index in [0.29, 0.717) is 24.5 Å². The molecule has 3 aromatic carbocycles. The second-order valence-electron chi connectivity index (χ2n) is 6.86. The van der Waals surface area contributed by atoms with Crippen LogP contribution in [-0.2, 0) is 16.1 Å². The summed E-state index contributed by atoms with van der Waals surface area (Å²) in [5.41, 5.74) is 2.50. The highest BCUT2D eigenvalue weighted by Gasteiger charge is 2.15. The summed E-state index contributed by atoms with van der Waals surface area (Å²) in [5, 5.41) is 2.76. The molecule has 0 spiro atoms. The average molecular weight is 436 g/mol. The fraction of sp³-hybridized carbons (Fsp3) is 0.200. The molecule has 3 aromatic rings. The normalized spacial score (nSPS) is 10.4. The molecule has 160 valence electrons. The number of rotatable bonds is 10. The fourth-order valence-corrected chi connectivity index (χ4v) is 3.52. The summed E-state index contributed by atoms with van der Waals surface area (Å²) in [5.74, 6) is 0.235. The molecule has 0 atom stereocenters. The van der Waals surface area contributed by atoms with Crippen molar-refractivity contribution in [2.24, 2.45) is 0 Å². The molecule has 0 heterocycles. The maximum absolute atomic E-state index is 12.4. The van der Waals surface area contributed by atoms with Gasteiger partial charge in [-0.2, -0.15) is 0 Å². The molecule has 0 fully saturated rings. The number of para-hydroxylation sites is 1. The SMILES string of the molecule is Cc1ccc(SCCNC(=O)COC(=O)c2ccccc2OCc2ccccc2)cc1. The van der Waals surface area contributed by atoms with E-state index in [1.807, 2.05) is 37.3 Å². The topological polar surface area (TPSA) is 64.6 Å². The third-order valence-corrected chi connectivity index (χ3v) is 5.41. The third-order valence-electron chi connectivity index (χ3n) is 4.39. The Morgan fingerprint density at radius 2 is 1.61 bits per heavy atom. The number of benzene rings is 3. The lowest BCUT2D eigenvalue weighted by Gasteiger charge is -2.11. The molecular formula is C25H25NO4S. The summed E-state index contributed by atoms with van der Waals surface area (Å²) in [4.78, 5) is 25.6. The van der Waals surface area contributed by atoms with Gasteiger partial charge in [-0.3, -0.25) is 4.79 Å². The average Bonchev–Trinajstić information content (AvgIpc) is 2.81. The van der Waals surface area contributed by atoms with E-state index in [9.17, 15) is 9.59 Å². The Morgan fingerprint density at radius 1 is 0.903 bits per heavy atom. The van der Waals surface area contributed by atoms with Crippen molar-refractivity contribution in [1.82, 2.24) is 5.32 Å². The molecule has 31 heavy (non-hydrogen) atoms. The van der Waals surface area contributed by atoms with Crippen molar-refractivity contribution in [1.29, 1.82) is 0 Å². The third kappa shape index (κ3) is 7.50. The minimum absolute atomic E-state index is 0.293. The number of carbonyl (C=O) groups excluding carboxylic acids is 2. The Kier molecular flexibility index (Phi) is 8.55. The summed E-state index contributed by atoms with van der Waals surface area (Å²) in [6.07, 6.45) is 0. The van der Waals surface area contributed by atoms with E-state index in [1.165, 1.54) is 5.56 Å². The summed E-state index contributed by atoms with van der Waals surface area (Å²) >= 11 is 1.66. The van der Waals surface area contributed by atoms with Crippen LogP contribution in [0.1, 0.15) is 21.5 Å². The number of amides is 1. The van der Waals surface area contributed by atoms with Gasteiger partial charge in [0.05, 0.1) is 0 Å². The van der Waals surface area contributed by atoms with E-state index >= 15 is 0 Å². The molecule has 5 nitrogen and oxygen atoms in total. The molecule has 1 amide bonds. The van der Waals surface area contributed by atoms with Crippen LogP contribution in [0.3, 0.4) is 0 Å². The van der Waals surface area contributed by atoms with Gasteiger partial charge in [-0.1, -0.05) is 60.2 Å². The van der Waals surface area contributed by atoms with Crippen molar-refractivity contribution in [2.45, 2.75) is 18.4 Å². The highest BCUT2D eigenvalue weighted by molar-refractivity contribution is 7.99. The van der Waals surface area contributed by atoms with E-state index in [4.69, 9.17) is 9.47 Å². The first-order valence-electron chi connectivity index (χ1n) is 10.0. The molecular weight excluding hydrogens is 410 g/mol. The molecule has 6 heteroatoms. The Bertz CT molecular complexity index is 990. The second kappa shape index (κ2) is 11.8. The van der Waals surface area contributed by atoms with Gasteiger partial charge in [-0.25, -0.2) is 4.79 Å². The van der Waals surface area contributed by atoms with Crippen LogP contribution in [0.4, 0.5) is 0 Å². The van der Waals surface area contributed by atoms with Crippen molar-refractivity contribution < 1.29 is 19.1 Å². The Morgan fingerprint density at radius 3 is 2.39 bits per heavy atom. The molecule has 1 N–H and O–H groups in total. The van der Waals surface area contributed by atoms with Crippen LogP contribution in [0.5, 0.6) is 5.75 Å². The zero-order valence-electron chi connectivity index (χ0n) is 17.4. The minimum Gasteiger partial charge on any atom is -0.488 e. The van der Waals surface area contributed by atoms with Crippen LogP contribution in [0, 0.1) is 6.92 Å². The van der Waals surface area contributed by atoms with Crippen LogP contribution in [0.15, 0.2) is 83.8 Å². The monoisotopic (exact) mass is 435 g/mol. The van der Waals surface area contributed by atoms with Crippen molar-refractivity contribution >= 4 is 23.6 Å². The van der Waals surface area contributed by atoms with Crippen LogP contribution in [0.2, 0.25) is 0 Å². The van der Waals surface area contributed by atoms with E-state index in [0.717, 1.165) is 16.2 Å². The maximum Gasteiger partial charge on any atom is 0.342 e. The summed E-state index contributed by atoms with van der Waals surface area (Å²) in [6.45, 7) is 2.54. The number of ether oxygens (including phenoxy) is 2. The minimum atomic E-state index is -0.590. The number of hydrogen-bond donors (Lipinski definition) is 1. The highest BCUT2D eigenvalue weighted by atomic mass is 32.2. The molecule has 0 aromatic heterocycles. The van der Waals surface area contributed by atoms with Crippen LogP contribution in [-0.4, -0.2) is 30.8 Å². The van der Waals surface area contributed by atoms with Gasteiger partial charge in [-0.15, -0.1) is 11.8 Å². The van der Waals surface area contributed by atoms with Gasteiger partial charge in [0.25, 0.3) is 5.91 Å². The van der Waals surface area contributed by atoms with Crippen LogP contribution in [0.25, 0.3) is 0 Å². The zero-order chi connectivity index (χ0) is 21.9. The Balaban J connectivity index is 1.41. The summed E-state index contributed by atoms with van der Waals surface area (Å²) < 4.78 is 10.9. The lowest BCUT2D eigenvalue weighted by Crippen LogP contribution is -2.30. The number of hydrogen-bond acceptors (Lipinski definition) is 5. The molecule has 0 aliphatic carbocycles. The van der Waals surface area contributed by atoms with Crippen molar-refractivity contribution in [3.05, 3.63) is 95.6 Å². The van der Waals surface area contributed by atoms with E-state index < -0.39 is 5.97 Å². The molecule has 0 unspecified atom stereocenters. The van der Waals surface area contributed by atoms with Crippen molar-refractivity contribution in [2.75, 3.05) is 18.9 Å². The quantitative estimate of drug-likeness (QED) is 0.286. The number of esters is 1. The lowest BCUT2D eigenvalue weighted by atomic mass is 10.2. The van der Waals surface area contributed by atoms with Crippen LogP contribution >= 0.6 is 11.8 Å². The number of nitrogens with one attached hydrogen (secondary N) is 1. The first-order chi connectivity index (χ1) is 15.1. The Labute approximate surface area is 186 Å². The predicted octanol–water partition coefficient (Wildman–Crippen LogP) is 4.64. The molecule has 0 aliphatic rings. The van der Waals surface area contributed by atoms with Gasteiger partial charge in [0.1, 0.15) is 17.9 Å². The predicted molar refractivity (Wildman–Crippen MR) is 122 cm³/mol. The molecule has 0 radical (unpaired) electrons. The molecule has 0 aliphatic heterocycles. The molecule has 3 rings (SSSR count). The number of thioether (sulfide) groups is 1. The largest absolute Gasteiger partial charge is 0.488 e. The van der Waals surface area contributed by atoms with Gasteiger partial charge in [0.2, 0.25) is 0 Å². The van der Waals surface area contributed by atoms with Crippen molar-refractivity contribution in [3.8, 4) is 5.75 Å². The second-order valence-corrected chi connectivity index (χ2v) is 8.03. The Hall–Kier alpha value is -3.25. The van der Waals surface area contributed by atoms with Gasteiger partial charge in [0.15, 0.2) is 6.61 Å². The van der Waals surface area contributed by atoms with E-state index in [2.05, 4.69) is 29.6 Å². The summed E-state index contributed by atoms with van der Waals surface area (Å²) in [6, 6.07) is 24.8. The van der Waals surface area contributed by atoms with Gasteiger partial charge < -0.3 is 14.8 Å². The van der Waals surface area contributed by atoms with Gasteiger partial charge in [-0.05, 0) is 36.8 Å². The smallest absolute Gasteiger partial charge is 0.342 e. The first kappa shape index (κ1) is 22.4. The molecule has 0 saturated carbocycles. The van der Waals surface area contributed by atoms with Gasteiger partial charge >= 0.3 is 5.97 Å². The first-order valence-corrected chi connectivity index (χ1v) is 11.0. The molecule has 0 bridgehead atoms. The highest BCUT2D eigenvalue weighted by Crippen LogP contribution is 2.20. The van der Waals surface area contributed by atoms with Crippen molar-refractivity contribution in [3.63, 3.8) is 0 Å². The van der Waals surface area contributed by atoms with Crippen LogP contribution < -0.4 is 10.1 Å². The maximum atomic E-state index is 12.4. The van der Waals surface area contributed by atoms with E-state index in [1.54, 1.807) is 36.0 Å². The standard InChI is InChI=1S/C25H25NO4S/c1-19-11-13-21(14-12-19)31-16-15-26-24(27)18-30-25(28)22-9-5-6-10-23(22)29-17-20-7-3-2-4-8-20/h2-14H,15-18H2,1H3,(H,26,27). The molecule has 0 saturated heterocycles. The zero-order valence-corrected chi connectivity index (χ0v) is 18.2. The number of carbonyl (C=O) groups is 2. The van der Waals surface area contributed by atoms with E-state index in [-0.39, 0.29) is 12.5 Å². The van der Waals surface area contributed by atoms with Gasteiger partial charge in [0, 0.05) is 17.2 Å². The fourth-order valence-electron chi connectivity index (χ4n) is 2.75. The number of aryl methyl sites for hydroxylation is 1. The lowest BCUT2D eigenvalue weighted by molar-refractivity contribution is -0.124.